The SMILES string of the molecule is FC(F)(F)c1ccc(Nc2ncnc3sc(Cc4ccccc4-c4ccccc4)nc23)cc1. The van der Waals surface area contributed by atoms with Gasteiger partial charge in [-0.1, -0.05) is 65.9 Å². The van der Waals surface area contributed by atoms with Crippen molar-refractivity contribution >= 4 is 33.2 Å². The van der Waals surface area contributed by atoms with E-state index in [0.717, 1.165) is 33.8 Å². The van der Waals surface area contributed by atoms with E-state index in [4.69, 9.17) is 4.98 Å². The van der Waals surface area contributed by atoms with Gasteiger partial charge < -0.3 is 5.32 Å². The highest BCUT2D eigenvalue weighted by Crippen LogP contribution is 2.33. The monoisotopic (exact) mass is 462 g/mol. The predicted octanol–water partition coefficient (Wildman–Crippen LogP) is 7.11. The number of anilines is 2. The second-order valence-electron chi connectivity index (χ2n) is 7.38. The minimum Gasteiger partial charge on any atom is -0.338 e. The number of benzene rings is 3. The second-order valence-corrected chi connectivity index (χ2v) is 8.45. The Morgan fingerprint density at radius 3 is 2.30 bits per heavy atom. The van der Waals surface area contributed by atoms with Gasteiger partial charge >= 0.3 is 6.18 Å². The zero-order valence-electron chi connectivity index (χ0n) is 17.2. The molecule has 0 saturated heterocycles. The molecule has 0 amide bonds. The fourth-order valence-electron chi connectivity index (χ4n) is 3.58. The zero-order valence-corrected chi connectivity index (χ0v) is 18.0. The van der Waals surface area contributed by atoms with E-state index in [0.29, 0.717) is 28.3 Å². The Kier molecular flexibility index (Phi) is 5.51. The molecule has 0 unspecified atom stereocenters. The first-order chi connectivity index (χ1) is 16.0. The third-order valence-corrected chi connectivity index (χ3v) is 6.12. The van der Waals surface area contributed by atoms with E-state index in [1.807, 2.05) is 30.3 Å². The first-order valence-electron chi connectivity index (χ1n) is 10.2. The summed E-state index contributed by atoms with van der Waals surface area (Å²) in [5.41, 5.74) is 3.81. The number of fused-ring (bicyclic) bond motifs is 1. The van der Waals surface area contributed by atoms with Crippen molar-refractivity contribution in [1.29, 1.82) is 0 Å². The van der Waals surface area contributed by atoms with Crippen LogP contribution in [0, 0.1) is 0 Å². The Balaban J connectivity index is 1.43. The van der Waals surface area contributed by atoms with Crippen molar-refractivity contribution in [2.75, 3.05) is 5.32 Å². The van der Waals surface area contributed by atoms with Gasteiger partial charge in [-0.15, -0.1) is 0 Å². The quantitative estimate of drug-likeness (QED) is 0.302. The van der Waals surface area contributed by atoms with E-state index in [2.05, 4.69) is 39.6 Å². The molecule has 2 aromatic heterocycles. The van der Waals surface area contributed by atoms with Gasteiger partial charge in [0.1, 0.15) is 21.7 Å². The van der Waals surface area contributed by atoms with Crippen LogP contribution in [0.1, 0.15) is 16.1 Å². The average molecular weight is 463 g/mol. The smallest absolute Gasteiger partial charge is 0.338 e. The molecule has 3 aromatic carbocycles. The second kappa shape index (κ2) is 8.63. The summed E-state index contributed by atoms with van der Waals surface area (Å²) >= 11 is 1.48. The van der Waals surface area contributed by atoms with Crippen molar-refractivity contribution in [2.24, 2.45) is 0 Å². The maximum Gasteiger partial charge on any atom is 0.416 e. The maximum atomic E-state index is 12.8. The van der Waals surface area contributed by atoms with E-state index in [1.165, 1.54) is 29.8 Å². The van der Waals surface area contributed by atoms with Crippen LogP contribution >= 0.6 is 11.3 Å². The van der Waals surface area contributed by atoms with Crippen molar-refractivity contribution in [2.45, 2.75) is 12.6 Å². The molecule has 5 aromatic rings. The molecule has 33 heavy (non-hydrogen) atoms. The molecule has 0 radical (unpaired) electrons. The molecule has 164 valence electrons. The standard InChI is InChI=1S/C25H17F3N4S/c26-25(27,28)18-10-12-19(13-11-18)31-23-22-24(30-15-29-23)33-21(32-22)14-17-8-4-5-9-20(17)16-6-2-1-3-7-16/h1-13,15H,14H2,(H,29,30,31). The highest BCUT2D eigenvalue weighted by Gasteiger charge is 2.30. The summed E-state index contributed by atoms with van der Waals surface area (Å²) in [5, 5.41) is 3.94. The molecule has 0 fully saturated rings. The summed E-state index contributed by atoms with van der Waals surface area (Å²) in [4.78, 5) is 14.0. The lowest BCUT2D eigenvalue weighted by Crippen LogP contribution is -2.04. The Morgan fingerprint density at radius 2 is 1.55 bits per heavy atom. The lowest BCUT2D eigenvalue weighted by atomic mass is 9.98. The zero-order chi connectivity index (χ0) is 22.8. The average Bonchev–Trinajstić information content (AvgIpc) is 3.23. The first-order valence-corrected chi connectivity index (χ1v) is 11.0. The summed E-state index contributed by atoms with van der Waals surface area (Å²) in [5.74, 6) is 0.457. The Labute approximate surface area is 191 Å². The highest BCUT2D eigenvalue weighted by molar-refractivity contribution is 7.18. The maximum absolute atomic E-state index is 12.8. The molecule has 0 aliphatic rings. The van der Waals surface area contributed by atoms with Gasteiger partial charge in [-0.2, -0.15) is 13.2 Å². The molecule has 0 bridgehead atoms. The van der Waals surface area contributed by atoms with Gasteiger partial charge in [-0.25, -0.2) is 15.0 Å². The number of hydrogen-bond acceptors (Lipinski definition) is 5. The van der Waals surface area contributed by atoms with Crippen LogP contribution in [-0.4, -0.2) is 15.0 Å². The number of rotatable bonds is 5. The number of hydrogen-bond donors (Lipinski definition) is 1. The van der Waals surface area contributed by atoms with Gasteiger partial charge in [0.05, 0.1) is 5.56 Å². The van der Waals surface area contributed by atoms with Crippen LogP contribution in [0.15, 0.2) is 85.2 Å². The third kappa shape index (κ3) is 4.56. The summed E-state index contributed by atoms with van der Waals surface area (Å²) in [6.45, 7) is 0. The topological polar surface area (TPSA) is 50.7 Å². The highest BCUT2D eigenvalue weighted by atomic mass is 32.1. The number of thiazole rings is 1. The fraction of sp³-hybridized carbons (Fsp3) is 0.0800. The Hall–Kier alpha value is -3.78. The summed E-state index contributed by atoms with van der Waals surface area (Å²) < 4.78 is 38.5. The Morgan fingerprint density at radius 1 is 0.818 bits per heavy atom. The van der Waals surface area contributed by atoms with E-state index < -0.39 is 11.7 Å². The van der Waals surface area contributed by atoms with Crippen molar-refractivity contribution < 1.29 is 13.2 Å². The summed E-state index contributed by atoms with van der Waals surface area (Å²) in [7, 11) is 0. The number of nitrogens with zero attached hydrogens (tertiary/aromatic N) is 3. The van der Waals surface area contributed by atoms with Crippen LogP contribution in [0.25, 0.3) is 21.5 Å². The molecule has 2 heterocycles. The van der Waals surface area contributed by atoms with Crippen LogP contribution in [0.5, 0.6) is 0 Å². The van der Waals surface area contributed by atoms with Crippen LogP contribution in [-0.2, 0) is 12.6 Å². The number of halogens is 3. The van der Waals surface area contributed by atoms with E-state index in [9.17, 15) is 13.2 Å². The van der Waals surface area contributed by atoms with E-state index in [1.54, 1.807) is 0 Å². The van der Waals surface area contributed by atoms with Gasteiger partial charge in [0.2, 0.25) is 0 Å². The Bertz CT molecular complexity index is 1400. The number of alkyl halides is 3. The third-order valence-electron chi connectivity index (χ3n) is 5.16. The molecular formula is C25H17F3N4S. The molecule has 8 heteroatoms. The van der Waals surface area contributed by atoms with Crippen LogP contribution in [0.4, 0.5) is 24.7 Å². The van der Waals surface area contributed by atoms with Gasteiger partial charge in [0.25, 0.3) is 0 Å². The fourth-order valence-corrected chi connectivity index (χ4v) is 4.51. The number of aromatic nitrogens is 3. The molecule has 0 atom stereocenters. The lowest BCUT2D eigenvalue weighted by molar-refractivity contribution is -0.137. The molecule has 0 aliphatic heterocycles. The van der Waals surface area contributed by atoms with Crippen molar-refractivity contribution in [3.63, 3.8) is 0 Å². The largest absolute Gasteiger partial charge is 0.416 e. The molecule has 1 N–H and O–H groups in total. The van der Waals surface area contributed by atoms with E-state index >= 15 is 0 Å². The number of nitrogens with one attached hydrogen (secondary N) is 1. The van der Waals surface area contributed by atoms with Gasteiger partial charge in [0.15, 0.2) is 5.82 Å². The van der Waals surface area contributed by atoms with Gasteiger partial charge in [-0.05, 0) is 41.0 Å². The van der Waals surface area contributed by atoms with Crippen molar-refractivity contribution in [3.8, 4) is 11.1 Å². The minimum atomic E-state index is -4.37. The summed E-state index contributed by atoms with van der Waals surface area (Å²) in [6, 6.07) is 23.2. The van der Waals surface area contributed by atoms with Crippen molar-refractivity contribution in [3.05, 3.63) is 101 Å². The minimum absolute atomic E-state index is 0.457. The molecule has 5 rings (SSSR count). The van der Waals surface area contributed by atoms with Gasteiger partial charge in [0, 0.05) is 12.1 Å². The van der Waals surface area contributed by atoms with E-state index in [-0.39, 0.29) is 0 Å². The first kappa shape index (κ1) is 21.1. The van der Waals surface area contributed by atoms with Crippen LogP contribution < -0.4 is 5.32 Å². The predicted molar refractivity (Wildman–Crippen MR) is 125 cm³/mol. The lowest BCUT2D eigenvalue weighted by Gasteiger charge is -2.09. The molecular weight excluding hydrogens is 445 g/mol. The van der Waals surface area contributed by atoms with Crippen molar-refractivity contribution in [1.82, 2.24) is 15.0 Å². The molecule has 0 aliphatic carbocycles. The van der Waals surface area contributed by atoms with Crippen LogP contribution in [0.3, 0.4) is 0 Å². The molecule has 0 saturated carbocycles. The molecule has 0 spiro atoms. The normalized spacial score (nSPS) is 11.6. The van der Waals surface area contributed by atoms with Gasteiger partial charge in [-0.3, -0.25) is 0 Å². The summed E-state index contributed by atoms with van der Waals surface area (Å²) in [6.07, 6.45) is -2.32. The molecule has 4 nitrogen and oxygen atoms in total. The van der Waals surface area contributed by atoms with Crippen LogP contribution in [0.2, 0.25) is 0 Å².